The minimum atomic E-state index is -4.21. The molecule has 1 unspecified atom stereocenters. The largest absolute Gasteiger partial charge is 0.353 e. The van der Waals surface area contributed by atoms with Gasteiger partial charge in [0, 0.05) is 19.1 Å². The van der Waals surface area contributed by atoms with E-state index < -0.39 is 32.7 Å². The van der Waals surface area contributed by atoms with Crippen molar-refractivity contribution >= 4 is 15.9 Å². The van der Waals surface area contributed by atoms with E-state index in [9.17, 15) is 17.6 Å². The van der Waals surface area contributed by atoms with Crippen LogP contribution in [0.15, 0.2) is 59.5 Å². The fourth-order valence-electron chi connectivity index (χ4n) is 3.18. The van der Waals surface area contributed by atoms with E-state index in [4.69, 9.17) is 0 Å². The molecule has 1 amide bonds. The van der Waals surface area contributed by atoms with E-state index in [1.54, 1.807) is 0 Å². The molecule has 0 aliphatic heterocycles. The van der Waals surface area contributed by atoms with Crippen molar-refractivity contribution in [2.24, 2.45) is 0 Å². The van der Waals surface area contributed by atoms with Crippen molar-refractivity contribution in [3.63, 3.8) is 0 Å². The number of halogens is 1. The monoisotopic (exact) mass is 435 g/mol. The fourth-order valence-corrected chi connectivity index (χ4v) is 4.45. The van der Waals surface area contributed by atoms with Gasteiger partial charge in [-0.05, 0) is 44.5 Å². The Labute approximate surface area is 178 Å². The number of benzene rings is 2. The molecule has 2 N–H and O–H groups in total. The molecule has 0 heterocycles. The SMILES string of the molecule is CCN(CCNC(=O)C(Cc1ccccc1)NS(=O)(=O)c1ccccc1F)C(C)C. The van der Waals surface area contributed by atoms with Crippen molar-refractivity contribution in [1.29, 1.82) is 0 Å². The summed E-state index contributed by atoms with van der Waals surface area (Å²) in [7, 11) is -4.21. The molecular formula is C22H30FN3O3S. The Kier molecular flexibility index (Phi) is 8.95. The number of likely N-dealkylation sites (N-methyl/N-ethyl adjacent to an activating group) is 1. The molecule has 0 fully saturated rings. The average Bonchev–Trinajstić information content (AvgIpc) is 2.71. The first-order chi connectivity index (χ1) is 14.2. The Bertz CT molecular complexity index is 920. The topological polar surface area (TPSA) is 78.5 Å². The van der Waals surface area contributed by atoms with Crippen LogP contribution in [-0.4, -0.2) is 50.9 Å². The number of nitrogens with zero attached hydrogens (tertiary/aromatic N) is 1. The van der Waals surface area contributed by atoms with E-state index in [2.05, 4.69) is 28.8 Å². The van der Waals surface area contributed by atoms with Crippen molar-refractivity contribution in [1.82, 2.24) is 14.9 Å². The molecule has 0 saturated carbocycles. The van der Waals surface area contributed by atoms with E-state index >= 15 is 0 Å². The number of nitrogens with one attached hydrogen (secondary N) is 2. The molecule has 0 bridgehead atoms. The number of amides is 1. The number of sulfonamides is 1. The van der Waals surface area contributed by atoms with Crippen LogP contribution in [0.4, 0.5) is 4.39 Å². The number of carbonyl (C=O) groups excluding carboxylic acids is 1. The standard InChI is InChI=1S/C22H30FN3O3S/c1-4-26(17(2)3)15-14-24-22(27)20(16-18-10-6-5-7-11-18)25-30(28,29)21-13-9-8-12-19(21)23/h5-13,17,20,25H,4,14-16H2,1-3H3,(H,24,27). The molecule has 0 aliphatic carbocycles. The highest BCUT2D eigenvalue weighted by Crippen LogP contribution is 2.15. The molecule has 6 nitrogen and oxygen atoms in total. The summed E-state index contributed by atoms with van der Waals surface area (Å²) in [4.78, 5) is 14.5. The summed E-state index contributed by atoms with van der Waals surface area (Å²) in [6.45, 7) is 8.08. The van der Waals surface area contributed by atoms with E-state index in [1.807, 2.05) is 37.3 Å². The molecule has 2 aromatic carbocycles. The molecular weight excluding hydrogens is 405 g/mol. The number of rotatable bonds is 11. The van der Waals surface area contributed by atoms with Crippen molar-refractivity contribution in [3.05, 3.63) is 66.0 Å². The second kappa shape index (κ2) is 11.2. The van der Waals surface area contributed by atoms with Crippen molar-refractivity contribution in [3.8, 4) is 0 Å². The molecule has 0 aromatic heterocycles. The zero-order valence-electron chi connectivity index (χ0n) is 17.6. The Morgan fingerprint density at radius 2 is 1.70 bits per heavy atom. The lowest BCUT2D eigenvalue weighted by atomic mass is 10.1. The minimum Gasteiger partial charge on any atom is -0.353 e. The molecule has 164 valence electrons. The summed E-state index contributed by atoms with van der Waals surface area (Å²) < 4.78 is 41.9. The predicted molar refractivity (Wildman–Crippen MR) is 116 cm³/mol. The number of carbonyl (C=O) groups is 1. The first-order valence-electron chi connectivity index (χ1n) is 10.1. The van der Waals surface area contributed by atoms with Crippen molar-refractivity contribution < 1.29 is 17.6 Å². The number of hydrogen-bond donors (Lipinski definition) is 2. The van der Waals surface area contributed by atoms with Gasteiger partial charge in [-0.15, -0.1) is 0 Å². The van der Waals surface area contributed by atoms with Crippen LogP contribution in [0.1, 0.15) is 26.3 Å². The van der Waals surface area contributed by atoms with Crippen LogP contribution in [0.3, 0.4) is 0 Å². The smallest absolute Gasteiger partial charge is 0.244 e. The van der Waals surface area contributed by atoms with E-state index in [0.717, 1.165) is 18.2 Å². The molecule has 0 radical (unpaired) electrons. The minimum absolute atomic E-state index is 0.155. The van der Waals surface area contributed by atoms with Crippen LogP contribution in [-0.2, 0) is 21.2 Å². The van der Waals surface area contributed by atoms with Gasteiger partial charge >= 0.3 is 0 Å². The van der Waals surface area contributed by atoms with Crippen LogP contribution >= 0.6 is 0 Å². The van der Waals surface area contributed by atoms with Gasteiger partial charge in [0.1, 0.15) is 16.8 Å². The zero-order chi connectivity index (χ0) is 22.1. The maximum atomic E-state index is 14.0. The predicted octanol–water partition coefficient (Wildman–Crippen LogP) is 2.56. The van der Waals surface area contributed by atoms with Gasteiger partial charge in [0.15, 0.2) is 0 Å². The maximum absolute atomic E-state index is 14.0. The molecule has 30 heavy (non-hydrogen) atoms. The average molecular weight is 436 g/mol. The van der Waals surface area contributed by atoms with Gasteiger partial charge in [0.05, 0.1) is 0 Å². The molecule has 0 spiro atoms. The highest BCUT2D eigenvalue weighted by Gasteiger charge is 2.27. The maximum Gasteiger partial charge on any atom is 0.244 e. The lowest BCUT2D eigenvalue weighted by Crippen LogP contribution is -2.49. The molecule has 1 atom stereocenters. The Hall–Kier alpha value is -2.29. The van der Waals surface area contributed by atoms with Crippen LogP contribution in [0, 0.1) is 5.82 Å². The third kappa shape index (κ3) is 6.90. The Morgan fingerprint density at radius 1 is 1.07 bits per heavy atom. The zero-order valence-corrected chi connectivity index (χ0v) is 18.5. The van der Waals surface area contributed by atoms with Gasteiger partial charge in [-0.25, -0.2) is 12.8 Å². The second-order valence-corrected chi connectivity index (χ2v) is 8.99. The highest BCUT2D eigenvalue weighted by atomic mass is 32.2. The van der Waals surface area contributed by atoms with Gasteiger partial charge < -0.3 is 5.32 Å². The summed E-state index contributed by atoms with van der Waals surface area (Å²) in [5.41, 5.74) is 0.797. The first kappa shape index (κ1) is 24.0. The normalized spacial score (nSPS) is 12.9. The molecule has 2 rings (SSSR count). The Morgan fingerprint density at radius 3 is 2.30 bits per heavy atom. The fraction of sp³-hybridized carbons (Fsp3) is 0.409. The summed E-state index contributed by atoms with van der Waals surface area (Å²) in [6, 6.07) is 13.5. The lowest BCUT2D eigenvalue weighted by Gasteiger charge is -2.25. The van der Waals surface area contributed by atoms with Crippen LogP contribution in [0.5, 0.6) is 0 Å². The quantitative estimate of drug-likeness (QED) is 0.569. The summed E-state index contributed by atoms with van der Waals surface area (Å²) in [5, 5.41) is 2.81. The summed E-state index contributed by atoms with van der Waals surface area (Å²) in [5.74, 6) is -1.31. The molecule has 8 heteroatoms. The van der Waals surface area contributed by atoms with Crippen LogP contribution in [0.2, 0.25) is 0 Å². The van der Waals surface area contributed by atoms with Gasteiger partial charge in [0.2, 0.25) is 15.9 Å². The van der Waals surface area contributed by atoms with Crippen LogP contribution < -0.4 is 10.0 Å². The lowest BCUT2D eigenvalue weighted by molar-refractivity contribution is -0.122. The van der Waals surface area contributed by atoms with Crippen LogP contribution in [0.25, 0.3) is 0 Å². The summed E-state index contributed by atoms with van der Waals surface area (Å²) >= 11 is 0. The highest BCUT2D eigenvalue weighted by molar-refractivity contribution is 7.89. The van der Waals surface area contributed by atoms with Crippen molar-refractivity contribution in [2.45, 2.75) is 44.2 Å². The van der Waals surface area contributed by atoms with E-state index in [-0.39, 0.29) is 6.42 Å². The van der Waals surface area contributed by atoms with Gasteiger partial charge in [-0.1, -0.05) is 49.4 Å². The van der Waals surface area contributed by atoms with E-state index in [0.29, 0.717) is 19.1 Å². The second-order valence-electron chi connectivity index (χ2n) is 7.31. The van der Waals surface area contributed by atoms with Gasteiger partial charge in [-0.2, -0.15) is 4.72 Å². The molecule has 0 saturated heterocycles. The molecule has 2 aromatic rings. The van der Waals surface area contributed by atoms with Gasteiger partial charge in [0.25, 0.3) is 0 Å². The third-order valence-corrected chi connectivity index (χ3v) is 6.36. The first-order valence-corrected chi connectivity index (χ1v) is 11.6. The number of hydrogen-bond acceptors (Lipinski definition) is 4. The Balaban J connectivity index is 2.16. The molecule has 0 aliphatic rings. The third-order valence-electron chi connectivity index (χ3n) is 4.86. The van der Waals surface area contributed by atoms with E-state index in [1.165, 1.54) is 18.2 Å². The van der Waals surface area contributed by atoms with Crippen molar-refractivity contribution in [2.75, 3.05) is 19.6 Å². The van der Waals surface area contributed by atoms with Gasteiger partial charge in [-0.3, -0.25) is 9.69 Å². The summed E-state index contributed by atoms with van der Waals surface area (Å²) in [6.07, 6.45) is 0.155.